The van der Waals surface area contributed by atoms with Gasteiger partial charge >= 0.3 is 0 Å². The minimum atomic E-state index is -1.25. The number of methoxy groups -OCH3 is 1. The first-order chi connectivity index (χ1) is 20.7. The topological polar surface area (TPSA) is 162 Å². The summed E-state index contributed by atoms with van der Waals surface area (Å²) in [6, 6.07) is 10.2. The number of fused-ring (bicyclic) bond motifs is 3. The number of ether oxygens (including phenoxy) is 1. The number of aliphatic hydroxyl groups is 2. The fourth-order valence-electron chi connectivity index (χ4n) is 7.86. The number of nitrogens with two attached hydrogens (primary N) is 1. The van der Waals surface area contributed by atoms with Crippen LogP contribution >= 0.6 is 0 Å². The first-order valence-corrected chi connectivity index (χ1v) is 14.9. The second-order valence-corrected chi connectivity index (χ2v) is 11.9. The number of Topliss-reactive ketones (excluding diaryl/α,β-unsaturated/α-hetero) is 2. The zero-order valence-corrected chi connectivity index (χ0v) is 24.3. The number of hydrogen-bond acceptors (Lipinski definition) is 9. The number of likely N-dealkylation sites (tertiary alicyclic amines) is 1. The van der Waals surface area contributed by atoms with E-state index in [4.69, 9.17) is 10.5 Å². The molecule has 6 rings (SSSR count). The normalized spacial score (nSPS) is 27.2. The van der Waals surface area contributed by atoms with E-state index in [0.29, 0.717) is 24.3 Å². The van der Waals surface area contributed by atoms with Crippen molar-refractivity contribution in [3.05, 3.63) is 81.3 Å². The Labute approximate surface area is 249 Å². The highest BCUT2D eigenvalue weighted by molar-refractivity contribution is 6.22. The molecule has 1 fully saturated rings. The van der Waals surface area contributed by atoms with Crippen molar-refractivity contribution in [2.24, 2.45) is 23.5 Å². The Hall–Kier alpha value is -4.15. The van der Waals surface area contributed by atoms with Crippen molar-refractivity contribution in [2.45, 2.75) is 51.2 Å². The summed E-state index contributed by atoms with van der Waals surface area (Å²) in [6.45, 7) is 4.19. The molecule has 0 radical (unpaired) electrons. The maximum atomic E-state index is 14.0. The van der Waals surface area contributed by atoms with E-state index >= 15 is 0 Å². The summed E-state index contributed by atoms with van der Waals surface area (Å²) in [5, 5.41) is 37.2. The summed E-state index contributed by atoms with van der Waals surface area (Å²) < 4.78 is 5.91. The number of aromatic hydroxyl groups is 1. The molecule has 0 aromatic heterocycles. The predicted octanol–water partition coefficient (Wildman–Crippen LogP) is 3.40. The van der Waals surface area contributed by atoms with E-state index in [1.54, 1.807) is 13.2 Å². The lowest BCUT2D eigenvalue weighted by Crippen LogP contribution is -2.53. The highest BCUT2D eigenvalue weighted by atomic mass is 16.5. The summed E-state index contributed by atoms with van der Waals surface area (Å²) >= 11 is 0. The summed E-state index contributed by atoms with van der Waals surface area (Å²) in [7, 11) is 1.56. The van der Waals surface area contributed by atoms with E-state index < -0.39 is 58.4 Å². The van der Waals surface area contributed by atoms with Crippen LogP contribution in [0, 0.1) is 17.8 Å². The molecule has 5 atom stereocenters. The van der Waals surface area contributed by atoms with Gasteiger partial charge in [-0.15, -0.1) is 0 Å². The van der Waals surface area contributed by atoms with E-state index in [-0.39, 0.29) is 29.3 Å². The van der Waals surface area contributed by atoms with E-state index in [1.165, 1.54) is 0 Å². The molecule has 0 bridgehead atoms. The number of carbonyl (C=O) groups is 3. The molecule has 0 spiro atoms. The van der Waals surface area contributed by atoms with Gasteiger partial charge in [-0.05, 0) is 62.2 Å². The van der Waals surface area contributed by atoms with Crippen LogP contribution in [0.4, 0.5) is 0 Å². The second-order valence-electron chi connectivity index (χ2n) is 11.9. The molecule has 43 heavy (non-hydrogen) atoms. The minimum Gasteiger partial charge on any atom is -0.511 e. The molecule has 10 heteroatoms. The summed E-state index contributed by atoms with van der Waals surface area (Å²) in [6.07, 6.45) is 2.48. The summed E-state index contributed by atoms with van der Waals surface area (Å²) in [5.74, 6) is -5.40. The van der Waals surface area contributed by atoms with Crippen LogP contribution in [-0.2, 0) is 22.6 Å². The SMILES string of the molecule is CCN1CCC[C@H]1c1cc(O)c2c(c1OC)C[C@H]1C[C@@H]3[C@@H](C(=O)C(C(N)=O)=C(O)[C@H]3NCc3ccccc3)C(O)=C1C2=O. The Kier molecular flexibility index (Phi) is 7.52. The van der Waals surface area contributed by atoms with Gasteiger partial charge in [-0.1, -0.05) is 37.3 Å². The van der Waals surface area contributed by atoms with E-state index in [9.17, 15) is 29.7 Å². The van der Waals surface area contributed by atoms with Crippen LogP contribution < -0.4 is 15.8 Å². The molecule has 1 aliphatic heterocycles. The van der Waals surface area contributed by atoms with Gasteiger partial charge in [-0.2, -0.15) is 0 Å². The molecular weight excluding hydrogens is 550 g/mol. The van der Waals surface area contributed by atoms with Crippen LogP contribution in [0.2, 0.25) is 0 Å². The van der Waals surface area contributed by atoms with E-state index in [0.717, 1.165) is 37.1 Å². The first-order valence-electron chi connectivity index (χ1n) is 14.9. The summed E-state index contributed by atoms with van der Waals surface area (Å²) in [5.41, 5.74) is 7.40. The van der Waals surface area contributed by atoms with Crippen molar-refractivity contribution in [2.75, 3.05) is 20.2 Å². The summed E-state index contributed by atoms with van der Waals surface area (Å²) in [4.78, 5) is 42.2. The van der Waals surface area contributed by atoms with E-state index in [1.807, 2.05) is 30.3 Å². The zero-order valence-electron chi connectivity index (χ0n) is 24.3. The standard InChI is InChI=1S/C33H37N3O7/c1-3-36-11-7-10-21(36)18-14-22(37)24-20(32(18)43-2)13-17-12-19-25(29(39)23(17)28(24)38)30(40)26(33(34)42)31(41)27(19)35-15-16-8-5-4-6-9-16/h4-6,8-9,14,17,19,21,25,27,35,37,39,41H,3,7,10-13,15H2,1-2H3,(H2,34,42)/t17-,19-,21+,25-,27+/m1/s1. The molecule has 6 N–H and O–H groups in total. The number of amides is 1. The molecule has 2 aromatic rings. The number of allylic oxidation sites excluding steroid dienone is 2. The maximum absolute atomic E-state index is 14.0. The molecule has 0 saturated carbocycles. The largest absolute Gasteiger partial charge is 0.511 e. The smallest absolute Gasteiger partial charge is 0.255 e. The van der Waals surface area contributed by atoms with Crippen molar-refractivity contribution < 1.29 is 34.4 Å². The number of hydrogen-bond donors (Lipinski definition) is 5. The predicted molar refractivity (Wildman–Crippen MR) is 158 cm³/mol. The fraction of sp³-hybridized carbons (Fsp3) is 0.424. The third-order valence-corrected chi connectivity index (χ3v) is 9.73. The molecule has 1 saturated heterocycles. The number of rotatable bonds is 7. The molecule has 226 valence electrons. The highest BCUT2D eigenvalue weighted by Gasteiger charge is 2.54. The lowest BCUT2D eigenvalue weighted by Gasteiger charge is -2.44. The third-order valence-electron chi connectivity index (χ3n) is 9.73. The molecule has 10 nitrogen and oxygen atoms in total. The van der Waals surface area contributed by atoms with Crippen LogP contribution in [0.3, 0.4) is 0 Å². The van der Waals surface area contributed by atoms with Crippen molar-refractivity contribution in [3.8, 4) is 11.5 Å². The number of aliphatic hydroxyl groups excluding tert-OH is 2. The average Bonchev–Trinajstić information content (AvgIpc) is 3.46. The molecule has 0 unspecified atom stereocenters. The lowest BCUT2D eigenvalue weighted by molar-refractivity contribution is -0.126. The quantitative estimate of drug-likeness (QED) is 0.306. The number of phenolic OH excluding ortho intramolecular Hbond substituents is 1. The van der Waals surface area contributed by atoms with Gasteiger partial charge < -0.3 is 31.1 Å². The van der Waals surface area contributed by atoms with Crippen molar-refractivity contribution in [1.29, 1.82) is 0 Å². The van der Waals surface area contributed by atoms with Crippen molar-refractivity contribution >= 4 is 17.5 Å². The van der Waals surface area contributed by atoms with Gasteiger partial charge in [0.15, 0.2) is 11.6 Å². The number of ketones is 2. The monoisotopic (exact) mass is 587 g/mol. The molecule has 4 aliphatic rings. The number of nitrogens with zero attached hydrogens (tertiary/aromatic N) is 1. The van der Waals surface area contributed by atoms with Crippen LogP contribution in [0.5, 0.6) is 11.5 Å². The molecular formula is C33H37N3O7. The molecule has 1 amide bonds. The Morgan fingerprint density at radius 2 is 1.88 bits per heavy atom. The number of benzene rings is 2. The van der Waals surface area contributed by atoms with Gasteiger partial charge in [0.2, 0.25) is 0 Å². The van der Waals surface area contributed by atoms with E-state index in [2.05, 4.69) is 17.1 Å². The van der Waals surface area contributed by atoms with Crippen molar-refractivity contribution in [1.82, 2.24) is 10.2 Å². The molecule has 2 aromatic carbocycles. The molecule has 3 aliphatic carbocycles. The third kappa shape index (κ3) is 4.60. The Morgan fingerprint density at radius 3 is 2.56 bits per heavy atom. The highest BCUT2D eigenvalue weighted by Crippen LogP contribution is 2.52. The van der Waals surface area contributed by atoms with Gasteiger partial charge in [-0.3, -0.25) is 19.3 Å². The Morgan fingerprint density at radius 1 is 1.14 bits per heavy atom. The van der Waals surface area contributed by atoms with Crippen LogP contribution in [0.15, 0.2) is 59.1 Å². The first kappa shape index (κ1) is 28.9. The van der Waals surface area contributed by atoms with Crippen LogP contribution in [0.1, 0.15) is 59.3 Å². The second kappa shape index (κ2) is 11.2. The van der Waals surface area contributed by atoms with Gasteiger partial charge in [0.05, 0.1) is 24.6 Å². The van der Waals surface area contributed by atoms with Gasteiger partial charge in [0, 0.05) is 29.3 Å². The van der Waals surface area contributed by atoms with Gasteiger partial charge in [0.1, 0.15) is 28.6 Å². The number of primary amides is 1. The minimum absolute atomic E-state index is 0.0455. The zero-order chi connectivity index (χ0) is 30.6. The number of phenols is 1. The lowest BCUT2D eigenvalue weighted by atomic mass is 9.61. The van der Waals surface area contributed by atoms with Gasteiger partial charge in [-0.25, -0.2) is 0 Å². The molecule has 1 heterocycles. The maximum Gasteiger partial charge on any atom is 0.255 e. The van der Waals surface area contributed by atoms with Crippen LogP contribution in [0.25, 0.3) is 0 Å². The average molecular weight is 588 g/mol. The van der Waals surface area contributed by atoms with Gasteiger partial charge in [0.25, 0.3) is 5.91 Å². The van der Waals surface area contributed by atoms with Crippen LogP contribution in [-0.4, -0.2) is 63.9 Å². The number of carbonyl (C=O) groups excluding carboxylic acids is 3. The Bertz CT molecular complexity index is 1560. The Balaban J connectivity index is 1.43. The van der Waals surface area contributed by atoms with Crippen molar-refractivity contribution in [3.63, 3.8) is 0 Å². The fourth-order valence-corrected chi connectivity index (χ4v) is 7.86. The number of nitrogens with one attached hydrogen (secondary N) is 1.